The Bertz CT molecular complexity index is 475. The van der Waals surface area contributed by atoms with Crippen molar-refractivity contribution in [2.24, 2.45) is 0 Å². The molecular formula is C14H19BrFN3O. The van der Waals surface area contributed by atoms with E-state index in [4.69, 9.17) is 0 Å². The van der Waals surface area contributed by atoms with Crippen molar-refractivity contribution in [2.75, 3.05) is 46.3 Å². The lowest BCUT2D eigenvalue weighted by Gasteiger charge is -2.32. The molecule has 0 saturated carbocycles. The number of carbonyl (C=O) groups excluding carboxylic acids is 1. The minimum atomic E-state index is -0.405. The van der Waals surface area contributed by atoms with Gasteiger partial charge in [0.25, 0.3) is 5.91 Å². The SMILES string of the molecule is CN1CCN(CCNC(=O)c2cc(F)ccc2Br)CC1. The van der Waals surface area contributed by atoms with E-state index in [0.29, 0.717) is 16.6 Å². The van der Waals surface area contributed by atoms with Crippen molar-refractivity contribution in [2.45, 2.75) is 0 Å². The molecule has 1 N–H and O–H groups in total. The summed E-state index contributed by atoms with van der Waals surface area (Å²) in [5.74, 6) is -0.650. The maximum absolute atomic E-state index is 13.1. The van der Waals surface area contributed by atoms with Crippen molar-refractivity contribution in [3.8, 4) is 0 Å². The predicted molar refractivity (Wildman–Crippen MR) is 80.4 cm³/mol. The van der Waals surface area contributed by atoms with Crippen LogP contribution in [0.15, 0.2) is 22.7 Å². The van der Waals surface area contributed by atoms with Crippen LogP contribution in [0.4, 0.5) is 4.39 Å². The summed E-state index contributed by atoms with van der Waals surface area (Å²) in [6.07, 6.45) is 0. The normalized spacial score (nSPS) is 17.1. The molecule has 20 heavy (non-hydrogen) atoms. The van der Waals surface area contributed by atoms with Crippen LogP contribution in [0.5, 0.6) is 0 Å². The highest BCUT2D eigenvalue weighted by molar-refractivity contribution is 9.10. The molecule has 0 atom stereocenters. The van der Waals surface area contributed by atoms with Gasteiger partial charge in [-0.3, -0.25) is 9.69 Å². The number of piperazine rings is 1. The van der Waals surface area contributed by atoms with Crippen LogP contribution in [-0.4, -0.2) is 62.0 Å². The van der Waals surface area contributed by atoms with E-state index in [1.165, 1.54) is 12.1 Å². The number of halogens is 2. The second-order valence-corrected chi connectivity index (χ2v) is 5.88. The zero-order valence-corrected chi connectivity index (χ0v) is 13.1. The van der Waals surface area contributed by atoms with Gasteiger partial charge in [0.15, 0.2) is 0 Å². The predicted octanol–water partition coefficient (Wildman–Crippen LogP) is 1.57. The molecule has 6 heteroatoms. The van der Waals surface area contributed by atoms with E-state index in [-0.39, 0.29) is 5.91 Å². The first-order valence-electron chi connectivity index (χ1n) is 6.70. The van der Waals surface area contributed by atoms with Gasteiger partial charge in [0.2, 0.25) is 0 Å². The molecule has 0 bridgehead atoms. The van der Waals surface area contributed by atoms with Crippen molar-refractivity contribution in [1.82, 2.24) is 15.1 Å². The van der Waals surface area contributed by atoms with Crippen molar-refractivity contribution in [3.63, 3.8) is 0 Å². The number of nitrogens with zero attached hydrogens (tertiary/aromatic N) is 2. The molecule has 0 aliphatic carbocycles. The average molecular weight is 344 g/mol. The van der Waals surface area contributed by atoms with Crippen LogP contribution in [0, 0.1) is 5.82 Å². The molecule has 1 fully saturated rings. The Morgan fingerprint density at radius 3 is 2.75 bits per heavy atom. The van der Waals surface area contributed by atoms with Crippen LogP contribution in [0.3, 0.4) is 0 Å². The molecule has 110 valence electrons. The molecule has 0 unspecified atom stereocenters. The number of carbonyl (C=O) groups is 1. The quantitative estimate of drug-likeness (QED) is 0.901. The summed E-state index contributed by atoms with van der Waals surface area (Å²) < 4.78 is 13.8. The summed E-state index contributed by atoms with van der Waals surface area (Å²) in [5, 5.41) is 2.83. The average Bonchev–Trinajstić information content (AvgIpc) is 2.43. The van der Waals surface area contributed by atoms with E-state index < -0.39 is 5.82 Å². The first-order chi connectivity index (χ1) is 9.56. The summed E-state index contributed by atoms with van der Waals surface area (Å²) in [6.45, 7) is 5.57. The number of rotatable bonds is 4. The van der Waals surface area contributed by atoms with Gasteiger partial charge in [0.05, 0.1) is 5.56 Å². The van der Waals surface area contributed by atoms with E-state index >= 15 is 0 Å². The molecule has 1 amide bonds. The fraction of sp³-hybridized carbons (Fsp3) is 0.500. The monoisotopic (exact) mass is 343 g/mol. The summed E-state index contributed by atoms with van der Waals surface area (Å²) >= 11 is 3.26. The van der Waals surface area contributed by atoms with Crippen molar-refractivity contribution in [1.29, 1.82) is 0 Å². The number of nitrogens with one attached hydrogen (secondary N) is 1. The number of hydrogen-bond acceptors (Lipinski definition) is 3. The van der Waals surface area contributed by atoms with E-state index in [9.17, 15) is 9.18 Å². The maximum Gasteiger partial charge on any atom is 0.252 e. The number of hydrogen-bond donors (Lipinski definition) is 1. The molecule has 1 heterocycles. The third-order valence-electron chi connectivity index (χ3n) is 3.48. The number of amides is 1. The van der Waals surface area contributed by atoms with Crippen LogP contribution < -0.4 is 5.32 Å². The van der Waals surface area contributed by atoms with Crippen LogP contribution >= 0.6 is 15.9 Å². The third-order valence-corrected chi connectivity index (χ3v) is 4.17. The van der Waals surface area contributed by atoms with Gasteiger partial charge in [-0.1, -0.05) is 0 Å². The number of benzene rings is 1. The molecule has 1 aromatic carbocycles. The first-order valence-corrected chi connectivity index (χ1v) is 7.50. The second kappa shape index (κ2) is 7.15. The Balaban J connectivity index is 1.79. The van der Waals surface area contributed by atoms with Crippen LogP contribution in [-0.2, 0) is 0 Å². The van der Waals surface area contributed by atoms with Gasteiger partial charge < -0.3 is 10.2 Å². The lowest BCUT2D eigenvalue weighted by atomic mass is 10.2. The van der Waals surface area contributed by atoms with Crippen molar-refractivity contribution < 1.29 is 9.18 Å². The molecule has 0 aromatic heterocycles. The van der Waals surface area contributed by atoms with Gasteiger partial charge in [-0.05, 0) is 41.2 Å². The zero-order valence-electron chi connectivity index (χ0n) is 11.5. The zero-order chi connectivity index (χ0) is 14.5. The van der Waals surface area contributed by atoms with Gasteiger partial charge in [-0.15, -0.1) is 0 Å². The van der Waals surface area contributed by atoms with Gasteiger partial charge in [0.1, 0.15) is 5.82 Å². The fourth-order valence-corrected chi connectivity index (χ4v) is 2.59. The topological polar surface area (TPSA) is 35.6 Å². The maximum atomic E-state index is 13.1. The molecule has 4 nitrogen and oxygen atoms in total. The smallest absolute Gasteiger partial charge is 0.252 e. The largest absolute Gasteiger partial charge is 0.351 e. The van der Waals surface area contributed by atoms with E-state index in [2.05, 4.69) is 38.1 Å². The van der Waals surface area contributed by atoms with Crippen LogP contribution in [0.2, 0.25) is 0 Å². The van der Waals surface area contributed by atoms with Crippen molar-refractivity contribution in [3.05, 3.63) is 34.1 Å². The van der Waals surface area contributed by atoms with Gasteiger partial charge in [-0.25, -0.2) is 4.39 Å². The minimum Gasteiger partial charge on any atom is -0.351 e. The molecule has 0 spiro atoms. The van der Waals surface area contributed by atoms with Gasteiger partial charge >= 0.3 is 0 Å². The molecular weight excluding hydrogens is 325 g/mol. The Kier molecular flexibility index (Phi) is 5.51. The third kappa shape index (κ3) is 4.26. The molecule has 1 saturated heterocycles. The van der Waals surface area contributed by atoms with E-state index in [0.717, 1.165) is 32.7 Å². The lowest BCUT2D eigenvalue weighted by Crippen LogP contribution is -2.46. The number of likely N-dealkylation sites (N-methyl/N-ethyl adjacent to an activating group) is 1. The second-order valence-electron chi connectivity index (χ2n) is 5.02. The Labute approximate surface area is 127 Å². The highest BCUT2D eigenvalue weighted by Crippen LogP contribution is 2.17. The van der Waals surface area contributed by atoms with Crippen molar-refractivity contribution >= 4 is 21.8 Å². The molecule has 1 aliphatic heterocycles. The first kappa shape index (κ1) is 15.4. The molecule has 0 radical (unpaired) electrons. The highest BCUT2D eigenvalue weighted by atomic mass is 79.9. The van der Waals surface area contributed by atoms with E-state index in [1.54, 1.807) is 6.07 Å². The summed E-state index contributed by atoms with van der Waals surface area (Å²) in [5.41, 5.74) is 0.336. The van der Waals surface area contributed by atoms with Gasteiger partial charge in [-0.2, -0.15) is 0 Å². The van der Waals surface area contributed by atoms with Crippen LogP contribution in [0.1, 0.15) is 10.4 Å². The summed E-state index contributed by atoms with van der Waals surface area (Å²) in [7, 11) is 2.11. The minimum absolute atomic E-state index is 0.245. The summed E-state index contributed by atoms with van der Waals surface area (Å²) in [4.78, 5) is 16.6. The standard InChI is InChI=1S/C14H19BrFN3O/c1-18-6-8-19(9-7-18)5-4-17-14(20)12-10-11(16)2-3-13(12)15/h2-3,10H,4-9H2,1H3,(H,17,20). The molecule has 1 aliphatic rings. The fourth-order valence-electron chi connectivity index (χ4n) is 2.17. The Morgan fingerprint density at radius 2 is 2.05 bits per heavy atom. The van der Waals surface area contributed by atoms with Gasteiger partial charge in [0, 0.05) is 43.7 Å². The lowest BCUT2D eigenvalue weighted by molar-refractivity contribution is 0.0940. The Morgan fingerprint density at radius 1 is 1.35 bits per heavy atom. The van der Waals surface area contributed by atoms with E-state index in [1.807, 2.05) is 0 Å². The van der Waals surface area contributed by atoms with Crippen LogP contribution in [0.25, 0.3) is 0 Å². The molecule has 1 aromatic rings. The highest BCUT2D eigenvalue weighted by Gasteiger charge is 2.14. The molecule has 2 rings (SSSR count). The Hall–Kier alpha value is -0.980. The summed E-state index contributed by atoms with van der Waals surface area (Å²) in [6, 6.07) is 4.12.